The van der Waals surface area contributed by atoms with Crippen LogP contribution in [0.25, 0.3) is 0 Å². The first-order valence-corrected chi connectivity index (χ1v) is 8.88. The molecule has 0 unspecified atom stereocenters. The average molecular weight is 385 g/mol. The zero-order valence-electron chi connectivity index (χ0n) is 14.4. The molecule has 0 aliphatic heterocycles. The molecular formula is C19H22Cl2O4. The summed E-state index contributed by atoms with van der Waals surface area (Å²) in [6.45, 7) is 6.17. The second-order valence-electron chi connectivity index (χ2n) is 5.22. The van der Waals surface area contributed by atoms with Gasteiger partial charge in [-0.05, 0) is 43.7 Å². The highest BCUT2D eigenvalue weighted by atomic mass is 35.5. The molecule has 0 radical (unpaired) electrons. The lowest BCUT2D eigenvalue weighted by atomic mass is 10.2. The number of hydrogen-bond acceptors (Lipinski definition) is 4. The Hall–Kier alpha value is -1.62. The molecule has 6 heteroatoms. The Bertz CT molecular complexity index is 653. The van der Waals surface area contributed by atoms with E-state index in [0.717, 1.165) is 11.3 Å². The lowest BCUT2D eigenvalue weighted by Gasteiger charge is -2.13. The van der Waals surface area contributed by atoms with Gasteiger partial charge in [-0.25, -0.2) is 0 Å². The van der Waals surface area contributed by atoms with Crippen LogP contribution in [0, 0.1) is 6.92 Å². The van der Waals surface area contributed by atoms with E-state index in [4.69, 9.17) is 42.1 Å². The molecule has 0 bridgehead atoms. The topological polar surface area (TPSA) is 36.9 Å². The highest BCUT2D eigenvalue weighted by Gasteiger charge is 2.07. The van der Waals surface area contributed by atoms with Crippen LogP contribution in [0.3, 0.4) is 0 Å². The molecule has 0 atom stereocenters. The fourth-order valence-corrected chi connectivity index (χ4v) is 2.88. The first-order chi connectivity index (χ1) is 12.1. The van der Waals surface area contributed by atoms with Crippen LogP contribution in [-0.2, 0) is 4.74 Å². The number of rotatable bonds is 10. The molecule has 4 nitrogen and oxygen atoms in total. The second-order valence-corrected chi connectivity index (χ2v) is 6.07. The number of ether oxygens (including phenoxy) is 4. The first kappa shape index (κ1) is 19.7. The normalized spacial score (nSPS) is 10.6. The molecular weight excluding hydrogens is 363 g/mol. The zero-order chi connectivity index (χ0) is 18.1. The third kappa shape index (κ3) is 6.31. The summed E-state index contributed by atoms with van der Waals surface area (Å²) in [4.78, 5) is 0. The Kier molecular flexibility index (Phi) is 8.19. The number of benzene rings is 2. The minimum atomic E-state index is 0.401. The SMILES string of the molecule is CCOc1ccccc1OCCOCCOc1c(C)cc(Cl)cc1Cl. The molecule has 25 heavy (non-hydrogen) atoms. The Morgan fingerprint density at radius 3 is 2.12 bits per heavy atom. The van der Waals surface area contributed by atoms with Crippen molar-refractivity contribution < 1.29 is 18.9 Å². The molecule has 2 rings (SSSR count). The van der Waals surface area contributed by atoms with Gasteiger partial charge < -0.3 is 18.9 Å². The molecule has 2 aromatic rings. The van der Waals surface area contributed by atoms with Gasteiger partial charge in [0.1, 0.15) is 19.0 Å². The molecule has 0 aliphatic rings. The van der Waals surface area contributed by atoms with Crippen molar-refractivity contribution in [1.29, 1.82) is 0 Å². The van der Waals surface area contributed by atoms with Crippen LogP contribution in [0.4, 0.5) is 0 Å². The summed E-state index contributed by atoms with van der Waals surface area (Å²) < 4.78 is 22.4. The standard InChI is InChI=1S/C19H22Cl2O4/c1-3-23-17-6-4-5-7-18(17)24-10-8-22-9-11-25-19-14(2)12-15(20)13-16(19)21/h4-7,12-13H,3,8-11H2,1-2H3. The molecule has 0 saturated heterocycles. The summed E-state index contributed by atoms with van der Waals surface area (Å²) in [5.74, 6) is 2.09. The Balaban J connectivity index is 1.66. The van der Waals surface area contributed by atoms with E-state index < -0.39 is 0 Å². The maximum Gasteiger partial charge on any atom is 0.161 e. The Morgan fingerprint density at radius 2 is 1.48 bits per heavy atom. The minimum Gasteiger partial charge on any atom is -0.490 e. The van der Waals surface area contributed by atoms with Crippen LogP contribution in [0.15, 0.2) is 36.4 Å². The lowest BCUT2D eigenvalue weighted by Crippen LogP contribution is -2.12. The highest BCUT2D eigenvalue weighted by Crippen LogP contribution is 2.31. The molecule has 0 saturated carbocycles. The smallest absolute Gasteiger partial charge is 0.161 e. The number of hydrogen-bond donors (Lipinski definition) is 0. The summed E-state index contributed by atoms with van der Waals surface area (Å²) in [5, 5.41) is 1.09. The molecule has 2 aromatic carbocycles. The van der Waals surface area contributed by atoms with Crippen molar-refractivity contribution >= 4 is 23.2 Å². The largest absolute Gasteiger partial charge is 0.490 e. The van der Waals surface area contributed by atoms with Gasteiger partial charge in [0.2, 0.25) is 0 Å². The van der Waals surface area contributed by atoms with Gasteiger partial charge >= 0.3 is 0 Å². The number of para-hydroxylation sites is 2. The maximum atomic E-state index is 6.12. The van der Waals surface area contributed by atoms with Gasteiger partial charge in [-0.1, -0.05) is 35.3 Å². The van der Waals surface area contributed by atoms with Crippen LogP contribution >= 0.6 is 23.2 Å². The van der Waals surface area contributed by atoms with Crippen molar-refractivity contribution in [1.82, 2.24) is 0 Å². The summed E-state index contributed by atoms with van der Waals surface area (Å²) >= 11 is 12.1. The van der Waals surface area contributed by atoms with Gasteiger partial charge in [0.15, 0.2) is 11.5 Å². The monoisotopic (exact) mass is 384 g/mol. The predicted octanol–water partition coefficient (Wildman–Crippen LogP) is 5.17. The van der Waals surface area contributed by atoms with E-state index in [9.17, 15) is 0 Å². The fourth-order valence-electron chi connectivity index (χ4n) is 2.23. The van der Waals surface area contributed by atoms with Crippen LogP contribution in [0.2, 0.25) is 10.0 Å². The summed E-state index contributed by atoms with van der Waals surface area (Å²) in [6, 6.07) is 11.1. The van der Waals surface area contributed by atoms with Crippen molar-refractivity contribution in [3.8, 4) is 17.2 Å². The van der Waals surface area contributed by atoms with Crippen LogP contribution in [0.1, 0.15) is 12.5 Å². The van der Waals surface area contributed by atoms with Crippen LogP contribution in [-0.4, -0.2) is 33.0 Å². The van der Waals surface area contributed by atoms with Gasteiger partial charge in [-0.15, -0.1) is 0 Å². The molecule has 0 fully saturated rings. The van der Waals surface area contributed by atoms with Gasteiger partial charge in [0.25, 0.3) is 0 Å². The molecule has 136 valence electrons. The lowest BCUT2D eigenvalue weighted by molar-refractivity contribution is 0.0754. The number of aryl methyl sites for hydroxylation is 1. The Morgan fingerprint density at radius 1 is 0.840 bits per heavy atom. The third-order valence-corrected chi connectivity index (χ3v) is 3.80. The fraction of sp³-hybridized carbons (Fsp3) is 0.368. The Labute approximate surface area is 158 Å². The quantitative estimate of drug-likeness (QED) is 0.529. The predicted molar refractivity (Wildman–Crippen MR) is 101 cm³/mol. The van der Waals surface area contributed by atoms with Crippen molar-refractivity contribution in [3.63, 3.8) is 0 Å². The molecule has 0 N–H and O–H groups in total. The van der Waals surface area contributed by atoms with Crippen molar-refractivity contribution in [2.24, 2.45) is 0 Å². The van der Waals surface area contributed by atoms with Gasteiger partial charge in [0, 0.05) is 5.02 Å². The first-order valence-electron chi connectivity index (χ1n) is 8.12. The van der Waals surface area contributed by atoms with E-state index in [-0.39, 0.29) is 0 Å². The van der Waals surface area contributed by atoms with Crippen molar-refractivity contribution in [2.45, 2.75) is 13.8 Å². The summed E-state index contributed by atoms with van der Waals surface area (Å²) in [5.41, 5.74) is 0.897. The van der Waals surface area contributed by atoms with Gasteiger partial charge in [0.05, 0.1) is 24.8 Å². The molecule has 0 amide bonds. The van der Waals surface area contributed by atoms with E-state index in [0.29, 0.717) is 54.6 Å². The second kappa shape index (κ2) is 10.4. The molecule has 0 spiro atoms. The zero-order valence-corrected chi connectivity index (χ0v) is 15.9. The average Bonchev–Trinajstić information content (AvgIpc) is 2.57. The maximum absolute atomic E-state index is 6.12. The summed E-state index contributed by atoms with van der Waals surface area (Å²) in [7, 11) is 0. The third-order valence-electron chi connectivity index (χ3n) is 3.30. The van der Waals surface area contributed by atoms with E-state index in [1.165, 1.54) is 0 Å². The molecule has 0 heterocycles. The number of halogens is 2. The molecule has 0 aromatic heterocycles. The minimum absolute atomic E-state index is 0.401. The van der Waals surface area contributed by atoms with E-state index in [1.54, 1.807) is 6.07 Å². The van der Waals surface area contributed by atoms with Crippen LogP contribution in [0.5, 0.6) is 17.2 Å². The van der Waals surface area contributed by atoms with Gasteiger partial charge in [-0.2, -0.15) is 0 Å². The van der Waals surface area contributed by atoms with Crippen LogP contribution < -0.4 is 14.2 Å². The van der Waals surface area contributed by atoms with E-state index >= 15 is 0 Å². The molecule has 0 aliphatic carbocycles. The van der Waals surface area contributed by atoms with Crippen molar-refractivity contribution in [2.75, 3.05) is 33.0 Å². The van der Waals surface area contributed by atoms with Crippen molar-refractivity contribution in [3.05, 3.63) is 52.0 Å². The summed E-state index contributed by atoms with van der Waals surface area (Å²) in [6.07, 6.45) is 0. The highest BCUT2D eigenvalue weighted by molar-refractivity contribution is 6.35. The van der Waals surface area contributed by atoms with E-state index in [2.05, 4.69) is 0 Å². The van der Waals surface area contributed by atoms with E-state index in [1.807, 2.05) is 44.2 Å². The van der Waals surface area contributed by atoms with Gasteiger partial charge in [-0.3, -0.25) is 0 Å².